The molecule has 4 heteroatoms. The molecule has 1 aliphatic heterocycles. The van der Waals surface area contributed by atoms with E-state index in [9.17, 15) is 4.79 Å². The molecule has 0 radical (unpaired) electrons. The molecule has 2 rings (SSSR count). The number of benzene rings is 1. The van der Waals surface area contributed by atoms with Crippen LogP contribution in [0.2, 0.25) is 0 Å². The molecular weight excluding hydrogens is 288 g/mol. The summed E-state index contributed by atoms with van der Waals surface area (Å²) in [6.07, 6.45) is 4.09. The quantitative estimate of drug-likeness (QED) is 0.876. The van der Waals surface area contributed by atoms with Crippen LogP contribution in [0, 0.1) is 19.8 Å². The van der Waals surface area contributed by atoms with E-state index in [0.29, 0.717) is 18.9 Å². The van der Waals surface area contributed by atoms with Crippen molar-refractivity contribution in [3.05, 3.63) is 28.8 Å². The van der Waals surface area contributed by atoms with E-state index < -0.39 is 0 Å². The van der Waals surface area contributed by atoms with Crippen molar-refractivity contribution in [3.8, 4) is 5.75 Å². The summed E-state index contributed by atoms with van der Waals surface area (Å²) >= 11 is 0. The molecule has 0 aromatic heterocycles. The summed E-state index contributed by atoms with van der Waals surface area (Å²) in [6.45, 7) is 6.96. The molecule has 128 valence electrons. The van der Waals surface area contributed by atoms with Crippen molar-refractivity contribution in [3.63, 3.8) is 0 Å². The molecule has 23 heavy (non-hydrogen) atoms. The zero-order chi connectivity index (χ0) is 16.8. The average Bonchev–Trinajstić information content (AvgIpc) is 2.53. The third kappa shape index (κ3) is 4.96. The molecule has 1 N–H and O–H groups in total. The lowest BCUT2D eigenvalue weighted by Gasteiger charge is -2.24. The Balaban J connectivity index is 1.87. The van der Waals surface area contributed by atoms with Crippen LogP contribution in [0.5, 0.6) is 5.75 Å². The maximum Gasteiger partial charge on any atom is 0.222 e. The largest absolute Gasteiger partial charge is 0.496 e. The zero-order valence-corrected chi connectivity index (χ0v) is 14.9. The Bertz CT molecular complexity index is 513. The van der Waals surface area contributed by atoms with Gasteiger partial charge in [-0.1, -0.05) is 12.1 Å². The summed E-state index contributed by atoms with van der Waals surface area (Å²) in [5.41, 5.74) is 3.41. The van der Waals surface area contributed by atoms with E-state index in [1.165, 1.54) is 18.4 Å². The second-order valence-corrected chi connectivity index (χ2v) is 6.74. The number of hydrogen-bond acceptors (Lipinski definition) is 3. The van der Waals surface area contributed by atoms with Crippen LogP contribution in [0.3, 0.4) is 0 Å². The third-order valence-corrected chi connectivity index (χ3v) is 4.79. The lowest BCUT2D eigenvalue weighted by molar-refractivity contribution is -0.130. The maximum atomic E-state index is 12.4. The Hall–Kier alpha value is -1.55. The Kier molecular flexibility index (Phi) is 6.46. The van der Waals surface area contributed by atoms with Gasteiger partial charge in [-0.15, -0.1) is 0 Å². The minimum Gasteiger partial charge on any atom is -0.496 e. The summed E-state index contributed by atoms with van der Waals surface area (Å²) in [4.78, 5) is 14.2. The minimum absolute atomic E-state index is 0.245. The lowest BCUT2D eigenvalue weighted by atomic mass is 9.93. The second kappa shape index (κ2) is 8.34. The highest BCUT2D eigenvalue weighted by Crippen LogP contribution is 2.25. The molecule has 0 bridgehead atoms. The van der Waals surface area contributed by atoms with Gasteiger partial charge in [0.1, 0.15) is 5.75 Å². The van der Waals surface area contributed by atoms with Gasteiger partial charge in [0.15, 0.2) is 0 Å². The molecule has 4 nitrogen and oxygen atoms in total. The van der Waals surface area contributed by atoms with E-state index in [1.54, 1.807) is 7.11 Å². The highest BCUT2D eigenvalue weighted by atomic mass is 16.5. The maximum absolute atomic E-state index is 12.4. The van der Waals surface area contributed by atoms with Gasteiger partial charge in [-0.25, -0.2) is 0 Å². The van der Waals surface area contributed by atoms with Crippen molar-refractivity contribution in [2.45, 2.75) is 46.1 Å². The van der Waals surface area contributed by atoms with Crippen LogP contribution in [0.1, 0.15) is 42.4 Å². The topological polar surface area (TPSA) is 41.6 Å². The Morgan fingerprint density at radius 1 is 1.26 bits per heavy atom. The molecule has 1 aromatic carbocycles. The van der Waals surface area contributed by atoms with Crippen molar-refractivity contribution >= 4 is 5.91 Å². The number of piperidine rings is 1. The van der Waals surface area contributed by atoms with Crippen LogP contribution < -0.4 is 10.1 Å². The predicted octanol–water partition coefficient (Wildman–Crippen LogP) is 3.05. The van der Waals surface area contributed by atoms with E-state index in [-0.39, 0.29) is 5.91 Å². The molecule has 0 atom stereocenters. The van der Waals surface area contributed by atoms with Crippen LogP contribution in [0.4, 0.5) is 0 Å². The first-order chi connectivity index (χ1) is 11.0. The lowest BCUT2D eigenvalue weighted by Crippen LogP contribution is -2.30. The van der Waals surface area contributed by atoms with E-state index in [0.717, 1.165) is 36.4 Å². The highest BCUT2D eigenvalue weighted by Gasteiger charge is 2.17. The number of carbonyl (C=O) groups is 1. The second-order valence-electron chi connectivity index (χ2n) is 6.74. The number of aryl methyl sites for hydroxylation is 2. The monoisotopic (exact) mass is 318 g/mol. The summed E-state index contributed by atoms with van der Waals surface area (Å²) in [7, 11) is 3.60. The number of ether oxygens (including phenoxy) is 1. The molecule has 1 amide bonds. The van der Waals surface area contributed by atoms with Crippen molar-refractivity contribution in [1.29, 1.82) is 0 Å². The molecule has 0 saturated carbocycles. The number of carbonyl (C=O) groups excluding carboxylic acids is 1. The van der Waals surface area contributed by atoms with E-state index in [1.807, 2.05) is 25.8 Å². The minimum atomic E-state index is 0.245. The zero-order valence-electron chi connectivity index (χ0n) is 14.9. The first-order valence-electron chi connectivity index (χ1n) is 8.60. The number of nitrogens with zero attached hydrogens (tertiary/aromatic N) is 1. The molecule has 0 spiro atoms. The molecule has 0 aliphatic carbocycles. The van der Waals surface area contributed by atoms with E-state index >= 15 is 0 Å². The van der Waals surface area contributed by atoms with Gasteiger partial charge in [0.25, 0.3) is 0 Å². The van der Waals surface area contributed by atoms with Gasteiger partial charge in [-0.2, -0.15) is 0 Å². The molecule has 0 unspecified atom stereocenters. The first-order valence-corrected chi connectivity index (χ1v) is 8.60. The van der Waals surface area contributed by atoms with Crippen molar-refractivity contribution in [1.82, 2.24) is 10.2 Å². The molecule has 1 heterocycles. The van der Waals surface area contributed by atoms with Gasteiger partial charge in [-0.3, -0.25) is 4.79 Å². The Morgan fingerprint density at radius 3 is 2.43 bits per heavy atom. The van der Waals surface area contributed by atoms with E-state index in [2.05, 4.69) is 17.4 Å². The van der Waals surface area contributed by atoms with Crippen LogP contribution in [0.15, 0.2) is 12.1 Å². The van der Waals surface area contributed by atoms with Crippen molar-refractivity contribution in [2.75, 3.05) is 27.2 Å². The molecule has 1 saturated heterocycles. The fraction of sp³-hybridized carbons (Fsp3) is 0.632. The molecular formula is C19H30N2O2. The van der Waals surface area contributed by atoms with Gasteiger partial charge >= 0.3 is 0 Å². The highest BCUT2D eigenvalue weighted by molar-refractivity contribution is 5.75. The Morgan fingerprint density at radius 2 is 1.87 bits per heavy atom. The van der Waals surface area contributed by atoms with Crippen LogP contribution in [-0.2, 0) is 11.3 Å². The van der Waals surface area contributed by atoms with Gasteiger partial charge in [0.2, 0.25) is 5.91 Å². The number of nitrogens with one attached hydrogen (secondary N) is 1. The SMILES string of the molecule is COc1c(C)cc(CN(C)C(=O)CCC2CCNCC2)cc1C. The number of amides is 1. The van der Waals surface area contributed by atoms with Crippen molar-refractivity contribution in [2.24, 2.45) is 5.92 Å². The van der Waals surface area contributed by atoms with Gasteiger partial charge in [-0.05, 0) is 68.8 Å². The van der Waals surface area contributed by atoms with Gasteiger partial charge in [0.05, 0.1) is 7.11 Å². The molecule has 1 aromatic rings. The molecule has 1 fully saturated rings. The number of hydrogen-bond donors (Lipinski definition) is 1. The van der Waals surface area contributed by atoms with Gasteiger partial charge < -0.3 is 15.0 Å². The van der Waals surface area contributed by atoms with E-state index in [4.69, 9.17) is 4.74 Å². The van der Waals surface area contributed by atoms with Crippen molar-refractivity contribution < 1.29 is 9.53 Å². The summed E-state index contributed by atoms with van der Waals surface area (Å²) in [5, 5.41) is 3.37. The Labute approximate surface area is 140 Å². The average molecular weight is 318 g/mol. The normalized spacial score (nSPS) is 15.5. The van der Waals surface area contributed by atoms with Crippen LogP contribution >= 0.6 is 0 Å². The van der Waals surface area contributed by atoms with Gasteiger partial charge in [0, 0.05) is 20.0 Å². The molecule has 1 aliphatic rings. The smallest absolute Gasteiger partial charge is 0.222 e. The summed E-state index contributed by atoms with van der Waals surface area (Å²) in [5.74, 6) is 1.89. The third-order valence-electron chi connectivity index (χ3n) is 4.79. The predicted molar refractivity (Wildman–Crippen MR) is 93.8 cm³/mol. The first kappa shape index (κ1) is 17.8. The van der Waals surface area contributed by atoms with Crippen LogP contribution in [-0.4, -0.2) is 38.1 Å². The number of rotatable bonds is 6. The summed E-state index contributed by atoms with van der Waals surface area (Å²) in [6, 6.07) is 4.23. The fourth-order valence-corrected chi connectivity index (χ4v) is 3.50. The standard InChI is InChI=1S/C19H30N2O2/c1-14-11-17(12-15(2)19(14)23-4)13-21(3)18(22)6-5-16-7-9-20-10-8-16/h11-12,16,20H,5-10,13H2,1-4H3. The fourth-order valence-electron chi connectivity index (χ4n) is 3.50. The van der Waals surface area contributed by atoms with Crippen LogP contribution in [0.25, 0.3) is 0 Å². The number of methoxy groups -OCH3 is 1. The summed E-state index contributed by atoms with van der Waals surface area (Å²) < 4.78 is 5.40.